The summed E-state index contributed by atoms with van der Waals surface area (Å²) in [6.45, 7) is 1.29. The van der Waals surface area contributed by atoms with Gasteiger partial charge >= 0.3 is 0 Å². The van der Waals surface area contributed by atoms with Gasteiger partial charge in [-0.1, -0.05) is 11.6 Å². The van der Waals surface area contributed by atoms with Crippen LogP contribution in [0.4, 0.5) is 5.69 Å². The number of hydrogen-bond acceptors (Lipinski definition) is 4. The van der Waals surface area contributed by atoms with E-state index >= 15 is 0 Å². The van der Waals surface area contributed by atoms with E-state index in [0.29, 0.717) is 24.8 Å². The lowest BCUT2D eigenvalue weighted by Gasteiger charge is -2.09. The molecule has 0 atom stereocenters. The molecule has 0 bridgehead atoms. The van der Waals surface area contributed by atoms with Crippen molar-refractivity contribution in [1.82, 2.24) is 4.72 Å². The van der Waals surface area contributed by atoms with E-state index < -0.39 is 10.0 Å². The van der Waals surface area contributed by atoms with Gasteiger partial charge in [-0.05, 0) is 37.0 Å². The number of nitrogen functional groups attached to an aromatic ring is 1. The van der Waals surface area contributed by atoms with Crippen LogP contribution in [0.1, 0.15) is 12.8 Å². The van der Waals surface area contributed by atoms with Crippen molar-refractivity contribution in [3.05, 3.63) is 23.2 Å². The molecular weight excluding hydrogens is 288 g/mol. The number of nitrogens with one attached hydrogen (secondary N) is 1. The molecule has 1 aromatic carbocycles. The van der Waals surface area contributed by atoms with Crippen LogP contribution in [0.15, 0.2) is 23.1 Å². The van der Waals surface area contributed by atoms with Gasteiger partial charge < -0.3 is 10.5 Å². The van der Waals surface area contributed by atoms with E-state index in [4.69, 9.17) is 22.1 Å². The van der Waals surface area contributed by atoms with Gasteiger partial charge in [0.2, 0.25) is 10.0 Å². The molecule has 1 fully saturated rings. The predicted octanol–water partition coefficient (Wildman–Crippen LogP) is 1.63. The van der Waals surface area contributed by atoms with Crippen molar-refractivity contribution in [2.45, 2.75) is 17.7 Å². The van der Waals surface area contributed by atoms with Gasteiger partial charge in [-0.2, -0.15) is 0 Å². The van der Waals surface area contributed by atoms with E-state index in [-0.39, 0.29) is 16.5 Å². The van der Waals surface area contributed by atoms with Gasteiger partial charge in [0, 0.05) is 18.8 Å². The molecule has 0 aliphatic heterocycles. The van der Waals surface area contributed by atoms with Gasteiger partial charge in [-0.15, -0.1) is 0 Å². The molecule has 0 radical (unpaired) electrons. The lowest BCUT2D eigenvalue weighted by Crippen LogP contribution is -2.28. The topological polar surface area (TPSA) is 81.4 Å². The molecule has 106 valence electrons. The molecule has 19 heavy (non-hydrogen) atoms. The highest BCUT2D eigenvalue weighted by Gasteiger charge is 2.21. The Hall–Kier alpha value is -0.820. The van der Waals surface area contributed by atoms with Crippen molar-refractivity contribution < 1.29 is 13.2 Å². The molecule has 0 saturated heterocycles. The van der Waals surface area contributed by atoms with Crippen molar-refractivity contribution in [2.24, 2.45) is 5.92 Å². The molecule has 7 heteroatoms. The Bertz CT molecular complexity index is 544. The van der Waals surface area contributed by atoms with Gasteiger partial charge in [0.1, 0.15) is 4.90 Å². The first-order valence-electron chi connectivity index (χ1n) is 6.11. The molecule has 1 aliphatic rings. The van der Waals surface area contributed by atoms with E-state index in [2.05, 4.69) is 4.72 Å². The fraction of sp³-hybridized carbons (Fsp3) is 0.500. The summed E-state index contributed by atoms with van der Waals surface area (Å²) < 4.78 is 31.8. The molecule has 0 spiro atoms. The maximum atomic E-state index is 12.0. The molecule has 5 nitrogen and oxygen atoms in total. The van der Waals surface area contributed by atoms with E-state index in [1.165, 1.54) is 25.0 Å². The first-order chi connectivity index (χ1) is 8.99. The molecule has 1 aliphatic carbocycles. The minimum Gasteiger partial charge on any atom is -0.399 e. The molecular formula is C12H17ClN2O3S. The van der Waals surface area contributed by atoms with Crippen LogP contribution in [-0.4, -0.2) is 28.2 Å². The number of nitrogens with two attached hydrogens (primary N) is 1. The molecule has 0 unspecified atom stereocenters. The van der Waals surface area contributed by atoms with Crippen molar-refractivity contribution in [3.8, 4) is 0 Å². The van der Waals surface area contributed by atoms with Crippen molar-refractivity contribution in [2.75, 3.05) is 25.5 Å². The lowest BCUT2D eigenvalue weighted by molar-refractivity contribution is 0.129. The fourth-order valence-electron chi connectivity index (χ4n) is 1.59. The van der Waals surface area contributed by atoms with Crippen molar-refractivity contribution in [1.29, 1.82) is 0 Å². The van der Waals surface area contributed by atoms with Crippen LogP contribution in [0.3, 0.4) is 0 Å². The van der Waals surface area contributed by atoms with Gasteiger partial charge in [0.15, 0.2) is 0 Å². The highest BCUT2D eigenvalue weighted by atomic mass is 35.5. The Morgan fingerprint density at radius 3 is 2.84 bits per heavy atom. The number of benzene rings is 1. The number of sulfonamides is 1. The Morgan fingerprint density at radius 1 is 1.42 bits per heavy atom. The zero-order valence-electron chi connectivity index (χ0n) is 10.4. The minimum atomic E-state index is -3.64. The zero-order valence-corrected chi connectivity index (χ0v) is 12.0. The summed E-state index contributed by atoms with van der Waals surface area (Å²) in [5, 5.41) is 0.153. The highest BCUT2D eigenvalue weighted by Crippen LogP contribution is 2.28. The third kappa shape index (κ3) is 4.35. The van der Waals surface area contributed by atoms with Gasteiger partial charge in [0.25, 0.3) is 0 Å². The fourth-order valence-corrected chi connectivity index (χ4v) is 3.13. The summed E-state index contributed by atoms with van der Waals surface area (Å²) in [6.07, 6.45) is 2.43. The molecule has 0 heterocycles. The molecule has 0 amide bonds. The third-order valence-corrected chi connectivity index (χ3v) is 4.78. The standard InChI is InChI=1S/C12H17ClN2O3S/c13-11-4-3-10(14)7-12(11)19(16,17)15-5-6-18-8-9-1-2-9/h3-4,7,9,15H,1-2,5-6,8,14H2. The first kappa shape index (κ1) is 14.6. The quantitative estimate of drug-likeness (QED) is 0.592. The molecule has 1 saturated carbocycles. The molecule has 2 rings (SSSR count). The van der Waals surface area contributed by atoms with Crippen LogP contribution >= 0.6 is 11.6 Å². The van der Waals surface area contributed by atoms with Crippen LogP contribution in [0.5, 0.6) is 0 Å². The van der Waals surface area contributed by atoms with Gasteiger partial charge in [-0.3, -0.25) is 0 Å². The average molecular weight is 305 g/mol. The monoisotopic (exact) mass is 304 g/mol. The van der Waals surface area contributed by atoms with Crippen molar-refractivity contribution in [3.63, 3.8) is 0 Å². The number of ether oxygens (including phenoxy) is 1. The number of hydrogen-bond donors (Lipinski definition) is 2. The maximum Gasteiger partial charge on any atom is 0.242 e. The normalized spacial score (nSPS) is 15.6. The predicted molar refractivity (Wildman–Crippen MR) is 74.6 cm³/mol. The van der Waals surface area contributed by atoms with Crippen LogP contribution < -0.4 is 10.5 Å². The summed E-state index contributed by atoms with van der Waals surface area (Å²) in [6, 6.07) is 4.37. The molecule has 0 aromatic heterocycles. The largest absolute Gasteiger partial charge is 0.399 e. The van der Waals surface area contributed by atoms with Crippen molar-refractivity contribution >= 4 is 27.3 Å². The summed E-state index contributed by atoms with van der Waals surface area (Å²) in [7, 11) is -3.64. The third-order valence-electron chi connectivity index (χ3n) is 2.83. The van der Waals surface area contributed by atoms with Crippen LogP contribution in [-0.2, 0) is 14.8 Å². The van der Waals surface area contributed by atoms with Crippen LogP contribution in [0.2, 0.25) is 5.02 Å². The van der Waals surface area contributed by atoms with Crippen LogP contribution in [0, 0.1) is 5.92 Å². The van der Waals surface area contributed by atoms with Crippen LogP contribution in [0.25, 0.3) is 0 Å². The SMILES string of the molecule is Nc1ccc(Cl)c(S(=O)(=O)NCCOCC2CC2)c1. The number of anilines is 1. The Kier molecular flexibility index (Phi) is 4.67. The second-order valence-corrected chi connectivity index (χ2v) is 6.75. The van der Waals surface area contributed by atoms with E-state index in [1.54, 1.807) is 6.07 Å². The first-order valence-corrected chi connectivity index (χ1v) is 7.97. The Morgan fingerprint density at radius 2 is 2.16 bits per heavy atom. The summed E-state index contributed by atoms with van der Waals surface area (Å²) in [4.78, 5) is -0.00337. The summed E-state index contributed by atoms with van der Waals surface area (Å²) in [5.74, 6) is 0.667. The lowest BCUT2D eigenvalue weighted by atomic mass is 10.3. The van der Waals surface area contributed by atoms with E-state index in [1.807, 2.05) is 0 Å². The smallest absolute Gasteiger partial charge is 0.242 e. The summed E-state index contributed by atoms with van der Waals surface area (Å²) >= 11 is 5.86. The van der Waals surface area contributed by atoms with Gasteiger partial charge in [-0.25, -0.2) is 13.1 Å². The average Bonchev–Trinajstić information content (AvgIpc) is 3.15. The van der Waals surface area contributed by atoms with E-state index in [9.17, 15) is 8.42 Å². The van der Waals surface area contributed by atoms with Gasteiger partial charge in [0.05, 0.1) is 11.6 Å². The Labute approximate surface area is 118 Å². The minimum absolute atomic E-state index is 0.00337. The molecule has 3 N–H and O–H groups in total. The zero-order chi connectivity index (χ0) is 13.9. The number of halogens is 1. The molecule has 1 aromatic rings. The summed E-state index contributed by atoms with van der Waals surface area (Å²) in [5.41, 5.74) is 5.92. The second-order valence-electron chi connectivity index (χ2n) is 4.61. The maximum absolute atomic E-state index is 12.0. The Balaban J connectivity index is 1.87. The van der Waals surface area contributed by atoms with E-state index in [0.717, 1.165) is 0 Å². The number of rotatable bonds is 7. The highest BCUT2D eigenvalue weighted by molar-refractivity contribution is 7.89. The second kappa shape index (κ2) is 6.09.